The zero-order valence-corrected chi connectivity index (χ0v) is 12.1. The summed E-state index contributed by atoms with van der Waals surface area (Å²) in [6, 6.07) is 17.3. The third-order valence-corrected chi connectivity index (χ3v) is 3.28. The summed E-state index contributed by atoms with van der Waals surface area (Å²) < 4.78 is 0. The summed E-state index contributed by atoms with van der Waals surface area (Å²) in [4.78, 5) is 11.5. The van der Waals surface area contributed by atoms with Crippen molar-refractivity contribution in [3.63, 3.8) is 0 Å². The number of nitrogens with one attached hydrogen (secondary N) is 1. The molecule has 0 heterocycles. The second-order valence-electron chi connectivity index (χ2n) is 4.91. The van der Waals surface area contributed by atoms with Crippen LogP contribution < -0.4 is 5.32 Å². The van der Waals surface area contributed by atoms with Crippen molar-refractivity contribution in [1.29, 1.82) is 0 Å². The largest absolute Gasteiger partial charge is 0.480 e. The molecule has 2 rings (SSSR count). The predicted molar refractivity (Wildman–Crippen MR) is 86.3 cm³/mol. The van der Waals surface area contributed by atoms with Crippen LogP contribution in [0, 0.1) is 0 Å². The first kappa shape index (κ1) is 15.9. The first-order valence-corrected chi connectivity index (χ1v) is 7.08. The standard InChI is InChI=1S/C18H19NO3/c20-13-16(12-11-14-7-3-1-4-8-14)19-17(18(21)22)15-9-5-2-6-10-15/h1-12,16-17,19-20H,13H2,(H,21,22)/b12-11+. The lowest BCUT2D eigenvalue weighted by molar-refractivity contribution is -0.139. The Morgan fingerprint density at radius 2 is 1.64 bits per heavy atom. The summed E-state index contributed by atoms with van der Waals surface area (Å²) in [5.41, 5.74) is 1.65. The molecule has 2 aromatic rings. The molecule has 0 aliphatic rings. The van der Waals surface area contributed by atoms with Gasteiger partial charge in [-0.3, -0.25) is 10.1 Å². The SMILES string of the molecule is O=C(O)C(NC(/C=C/c1ccccc1)CO)c1ccccc1. The predicted octanol–water partition coefficient (Wildman–Crippen LogP) is 2.48. The molecule has 22 heavy (non-hydrogen) atoms. The number of rotatable bonds is 7. The van der Waals surface area contributed by atoms with Crippen LogP contribution in [0.2, 0.25) is 0 Å². The Kier molecular flexibility index (Phi) is 5.89. The van der Waals surface area contributed by atoms with Gasteiger partial charge in [-0.15, -0.1) is 0 Å². The fourth-order valence-corrected chi connectivity index (χ4v) is 2.13. The summed E-state index contributed by atoms with van der Waals surface area (Å²) in [7, 11) is 0. The number of carbonyl (C=O) groups is 1. The van der Waals surface area contributed by atoms with Crippen LogP contribution in [0.25, 0.3) is 6.08 Å². The van der Waals surface area contributed by atoms with E-state index in [1.807, 2.05) is 42.5 Å². The van der Waals surface area contributed by atoms with Gasteiger partial charge in [0.2, 0.25) is 0 Å². The van der Waals surface area contributed by atoms with Gasteiger partial charge in [-0.25, -0.2) is 0 Å². The molecule has 2 atom stereocenters. The van der Waals surface area contributed by atoms with E-state index < -0.39 is 18.1 Å². The van der Waals surface area contributed by atoms with Crippen LogP contribution in [0.5, 0.6) is 0 Å². The average molecular weight is 297 g/mol. The smallest absolute Gasteiger partial charge is 0.325 e. The minimum absolute atomic E-state index is 0.181. The van der Waals surface area contributed by atoms with E-state index >= 15 is 0 Å². The van der Waals surface area contributed by atoms with Crippen molar-refractivity contribution in [2.75, 3.05) is 6.61 Å². The Morgan fingerprint density at radius 3 is 2.18 bits per heavy atom. The highest BCUT2D eigenvalue weighted by atomic mass is 16.4. The third-order valence-electron chi connectivity index (χ3n) is 3.28. The number of aliphatic hydroxyl groups excluding tert-OH is 1. The molecule has 0 aliphatic heterocycles. The maximum Gasteiger partial charge on any atom is 0.325 e. The zero-order chi connectivity index (χ0) is 15.8. The summed E-state index contributed by atoms with van der Waals surface area (Å²) in [5.74, 6) is -0.974. The number of carboxylic acids is 1. The Labute approximate surface area is 129 Å². The van der Waals surface area contributed by atoms with E-state index in [4.69, 9.17) is 0 Å². The maximum absolute atomic E-state index is 11.5. The molecular formula is C18H19NO3. The summed E-state index contributed by atoms with van der Waals surface area (Å²) >= 11 is 0. The minimum Gasteiger partial charge on any atom is -0.480 e. The fourth-order valence-electron chi connectivity index (χ4n) is 2.13. The minimum atomic E-state index is -0.974. The summed E-state index contributed by atoms with van der Waals surface area (Å²) in [5, 5.41) is 21.8. The molecule has 0 amide bonds. The number of hydrogen-bond acceptors (Lipinski definition) is 3. The molecule has 0 aromatic heterocycles. The molecule has 0 radical (unpaired) electrons. The molecule has 4 heteroatoms. The third kappa shape index (κ3) is 4.55. The molecule has 2 aromatic carbocycles. The number of aliphatic carboxylic acids is 1. The van der Waals surface area contributed by atoms with Gasteiger partial charge in [0.25, 0.3) is 0 Å². The molecule has 2 unspecified atom stereocenters. The molecule has 0 bridgehead atoms. The second kappa shape index (κ2) is 8.12. The van der Waals surface area contributed by atoms with Crippen LogP contribution in [0.1, 0.15) is 17.2 Å². The zero-order valence-electron chi connectivity index (χ0n) is 12.1. The van der Waals surface area contributed by atoms with Gasteiger partial charge in [-0.2, -0.15) is 0 Å². The van der Waals surface area contributed by atoms with Gasteiger partial charge in [0.1, 0.15) is 6.04 Å². The molecule has 0 fully saturated rings. The first-order valence-electron chi connectivity index (χ1n) is 7.08. The Morgan fingerprint density at radius 1 is 1.05 bits per heavy atom. The number of aliphatic hydroxyl groups is 1. The highest BCUT2D eigenvalue weighted by molar-refractivity contribution is 5.75. The maximum atomic E-state index is 11.5. The van der Waals surface area contributed by atoms with E-state index in [9.17, 15) is 15.0 Å². The Bertz CT molecular complexity index is 611. The van der Waals surface area contributed by atoms with Gasteiger partial charge in [-0.1, -0.05) is 72.8 Å². The van der Waals surface area contributed by atoms with Gasteiger partial charge in [0.05, 0.1) is 6.61 Å². The molecular weight excluding hydrogens is 278 g/mol. The highest BCUT2D eigenvalue weighted by Gasteiger charge is 2.21. The van der Waals surface area contributed by atoms with Crippen molar-refractivity contribution in [2.24, 2.45) is 0 Å². The fraction of sp³-hybridized carbons (Fsp3) is 0.167. The normalized spacial score (nSPS) is 13.9. The van der Waals surface area contributed by atoms with Gasteiger partial charge in [0, 0.05) is 6.04 Å². The number of hydrogen-bond donors (Lipinski definition) is 3. The average Bonchev–Trinajstić information content (AvgIpc) is 2.56. The van der Waals surface area contributed by atoms with E-state index in [0.29, 0.717) is 5.56 Å². The first-order chi connectivity index (χ1) is 10.7. The van der Waals surface area contributed by atoms with Crippen molar-refractivity contribution in [3.8, 4) is 0 Å². The Balaban J connectivity index is 2.10. The van der Waals surface area contributed by atoms with E-state index in [1.165, 1.54) is 0 Å². The van der Waals surface area contributed by atoms with Crippen LogP contribution in [-0.4, -0.2) is 28.8 Å². The second-order valence-corrected chi connectivity index (χ2v) is 4.91. The van der Waals surface area contributed by atoms with Crippen LogP contribution in [0.15, 0.2) is 66.7 Å². The number of benzene rings is 2. The lowest BCUT2D eigenvalue weighted by Crippen LogP contribution is -2.38. The van der Waals surface area contributed by atoms with Crippen molar-refractivity contribution in [1.82, 2.24) is 5.32 Å². The van der Waals surface area contributed by atoms with Gasteiger partial charge in [-0.05, 0) is 11.1 Å². The van der Waals surface area contributed by atoms with Crippen molar-refractivity contribution in [3.05, 3.63) is 77.9 Å². The van der Waals surface area contributed by atoms with Crippen LogP contribution in [-0.2, 0) is 4.79 Å². The quantitative estimate of drug-likeness (QED) is 0.734. The molecule has 3 N–H and O–H groups in total. The van der Waals surface area contributed by atoms with Crippen LogP contribution >= 0.6 is 0 Å². The topological polar surface area (TPSA) is 69.6 Å². The van der Waals surface area contributed by atoms with Crippen LogP contribution in [0.4, 0.5) is 0 Å². The van der Waals surface area contributed by atoms with E-state index in [0.717, 1.165) is 5.56 Å². The van der Waals surface area contributed by atoms with E-state index in [-0.39, 0.29) is 6.61 Å². The number of carboxylic acid groups (broad SMARTS) is 1. The molecule has 0 aliphatic carbocycles. The Hall–Kier alpha value is -2.43. The monoisotopic (exact) mass is 297 g/mol. The highest BCUT2D eigenvalue weighted by Crippen LogP contribution is 2.14. The molecule has 0 saturated carbocycles. The van der Waals surface area contributed by atoms with E-state index in [2.05, 4.69) is 5.32 Å². The summed E-state index contributed by atoms with van der Waals surface area (Å²) in [6.07, 6.45) is 3.63. The lowest BCUT2D eigenvalue weighted by atomic mass is 10.1. The molecule has 114 valence electrons. The molecule has 4 nitrogen and oxygen atoms in total. The van der Waals surface area contributed by atoms with Crippen molar-refractivity contribution < 1.29 is 15.0 Å². The van der Waals surface area contributed by atoms with Crippen molar-refractivity contribution in [2.45, 2.75) is 12.1 Å². The van der Waals surface area contributed by atoms with Crippen LogP contribution in [0.3, 0.4) is 0 Å². The van der Waals surface area contributed by atoms with Gasteiger partial charge < -0.3 is 10.2 Å². The van der Waals surface area contributed by atoms with E-state index in [1.54, 1.807) is 30.3 Å². The molecule has 0 saturated heterocycles. The van der Waals surface area contributed by atoms with Gasteiger partial charge in [0.15, 0.2) is 0 Å². The summed E-state index contributed by atoms with van der Waals surface area (Å²) in [6.45, 7) is -0.181. The van der Waals surface area contributed by atoms with Crippen molar-refractivity contribution >= 4 is 12.0 Å². The lowest BCUT2D eigenvalue weighted by Gasteiger charge is -2.19. The molecule has 0 spiro atoms. The van der Waals surface area contributed by atoms with Gasteiger partial charge >= 0.3 is 5.97 Å².